The number of nitrogens with zero attached hydrogens (tertiary/aromatic N) is 1. The fraction of sp³-hybridized carbons (Fsp3) is 0.385. The van der Waals surface area contributed by atoms with E-state index in [9.17, 15) is 18.0 Å². The zero-order valence-electron chi connectivity index (χ0n) is 11.0. The Labute approximate surface area is 118 Å². The topological polar surface area (TPSA) is 87.7 Å². The summed E-state index contributed by atoms with van der Waals surface area (Å²) in [5, 5.41) is 13.9. The van der Waals surface area contributed by atoms with Crippen molar-refractivity contribution >= 4 is 17.4 Å². The lowest BCUT2D eigenvalue weighted by Gasteiger charge is -2.26. The maximum atomic E-state index is 13.6. The lowest BCUT2D eigenvalue weighted by atomic mass is 9.83. The molecule has 1 aliphatic carbocycles. The Morgan fingerprint density at radius 3 is 2.43 bits per heavy atom. The number of halogens is 3. The Hall–Kier alpha value is -2.25. The molecular formula is C13H14F3N3O2. The van der Waals surface area contributed by atoms with Crippen molar-refractivity contribution in [3.05, 3.63) is 29.6 Å². The first kappa shape index (κ1) is 15.1. The smallest absolute Gasteiger partial charge is 0.238 e. The van der Waals surface area contributed by atoms with Gasteiger partial charge in [0.15, 0.2) is 23.3 Å². The standard InChI is InChI=1S/C13H14F3N3O2/c14-7-3-4-8(10(16)9(7)15)18-12(20)13(11(17)19-21)5-1-2-6-13/h3-4,21H,1-2,5-6H2,(H2,17,19)(H,18,20). The highest BCUT2D eigenvalue weighted by Crippen LogP contribution is 2.39. The highest BCUT2D eigenvalue weighted by molar-refractivity contribution is 6.12. The zero-order valence-corrected chi connectivity index (χ0v) is 11.0. The fourth-order valence-electron chi connectivity index (χ4n) is 2.54. The molecular weight excluding hydrogens is 287 g/mol. The molecule has 1 saturated carbocycles. The van der Waals surface area contributed by atoms with Crippen LogP contribution in [-0.4, -0.2) is 17.0 Å². The van der Waals surface area contributed by atoms with E-state index in [-0.39, 0.29) is 5.84 Å². The molecule has 114 valence electrons. The second-order valence-electron chi connectivity index (χ2n) is 4.95. The zero-order chi connectivity index (χ0) is 15.6. The number of hydrogen-bond donors (Lipinski definition) is 3. The second-order valence-corrected chi connectivity index (χ2v) is 4.95. The van der Waals surface area contributed by atoms with Crippen LogP contribution in [0.2, 0.25) is 0 Å². The van der Waals surface area contributed by atoms with Crippen LogP contribution in [0, 0.1) is 22.9 Å². The minimum Gasteiger partial charge on any atom is -0.409 e. The highest BCUT2D eigenvalue weighted by Gasteiger charge is 2.45. The number of nitrogens with one attached hydrogen (secondary N) is 1. The van der Waals surface area contributed by atoms with Gasteiger partial charge in [0, 0.05) is 0 Å². The van der Waals surface area contributed by atoms with Crippen LogP contribution in [0.25, 0.3) is 0 Å². The van der Waals surface area contributed by atoms with Crippen molar-refractivity contribution in [3.63, 3.8) is 0 Å². The van der Waals surface area contributed by atoms with Gasteiger partial charge < -0.3 is 16.3 Å². The van der Waals surface area contributed by atoms with Gasteiger partial charge >= 0.3 is 0 Å². The Morgan fingerprint density at radius 1 is 1.24 bits per heavy atom. The normalized spacial score (nSPS) is 17.8. The van der Waals surface area contributed by atoms with Crippen LogP contribution in [0.15, 0.2) is 17.3 Å². The minimum atomic E-state index is -1.67. The van der Waals surface area contributed by atoms with Gasteiger partial charge in [-0.2, -0.15) is 0 Å². The van der Waals surface area contributed by atoms with Gasteiger partial charge in [0.2, 0.25) is 5.91 Å². The lowest BCUT2D eigenvalue weighted by Crippen LogP contribution is -2.45. The number of nitrogens with two attached hydrogens (primary N) is 1. The largest absolute Gasteiger partial charge is 0.409 e. The van der Waals surface area contributed by atoms with Crippen LogP contribution < -0.4 is 11.1 Å². The molecule has 0 aliphatic heterocycles. The van der Waals surface area contributed by atoms with Gasteiger partial charge in [-0.15, -0.1) is 0 Å². The number of carbonyl (C=O) groups excluding carboxylic acids is 1. The number of amidine groups is 1. The summed E-state index contributed by atoms with van der Waals surface area (Å²) in [5.74, 6) is -5.49. The van der Waals surface area contributed by atoms with Crippen LogP contribution in [0.3, 0.4) is 0 Å². The van der Waals surface area contributed by atoms with Gasteiger partial charge in [-0.25, -0.2) is 13.2 Å². The molecule has 0 atom stereocenters. The number of anilines is 1. The Bertz CT molecular complexity index is 599. The molecule has 0 saturated heterocycles. The van der Waals surface area contributed by atoms with E-state index in [4.69, 9.17) is 10.9 Å². The summed E-state index contributed by atoms with van der Waals surface area (Å²) in [4.78, 5) is 12.3. The predicted octanol–water partition coefficient (Wildman–Crippen LogP) is 2.35. The van der Waals surface area contributed by atoms with Crippen molar-refractivity contribution in [2.45, 2.75) is 25.7 Å². The van der Waals surface area contributed by atoms with Crippen LogP contribution in [0.5, 0.6) is 0 Å². The average Bonchev–Trinajstić information content (AvgIpc) is 2.98. The average molecular weight is 301 g/mol. The molecule has 1 aromatic carbocycles. The molecule has 0 aromatic heterocycles. The third-order valence-electron chi connectivity index (χ3n) is 3.77. The number of benzene rings is 1. The monoisotopic (exact) mass is 301 g/mol. The van der Waals surface area contributed by atoms with Gasteiger partial charge in [0.1, 0.15) is 5.41 Å². The van der Waals surface area contributed by atoms with Crippen molar-refractivity contribution in [1.82, 2.24) is 0 Å². The van der Waals surface area contributed by atoms with E-state index in [0.29, 0.717) is 31.7 Å². The highest BCUT2D eigenvalue weighted by atomic mass is 19.2. The maximum absolute atomic E-state index is 13.6. The van der Waals surface area contributed by atoms with Crippen molar-refractivity contribution in [1.29, 1.82) is 0 Å². The third kappa shape index (κ3) is 2.53. The number of oxime groups is 1. The van der Waals surface area contributed by atoms with Gasteiger partial charge in [0.25, 0.3) is 0 Å². The molecule has 0 unspecified atom stereocenters. The van der Waals surface area contributed by atoms with Crippen molar-refractivity contribution in [3.8, 4) is 0 Å². The predicted molar refractivity (Wildman–Crippen MR) is 69.3 cm³/mol. The van der Waals surface area contributed by atoms with Crippen LogP contribution in [0.4, 0.5) is 18.9 Å². The molecule has 2 rings (SSSR count). The molecule has 4 N–H and O–H groups in total. The summed E-state index contributed by atoms with van der Waals surface area (Å²) >= 11 is 0. The molecule has 5 nitrogen and oxygen atoms in total. The van der Waals surface area contributed by atoms with Crippen molar-refractivity contribution in [2.24, 2.45) is 16.3 Å². The molecule has 0 spiro atoms. The molecule has 1 fully saturated rings. The molecule has 8 heteroatoms. The number of rotatable bonds is 3. The van der Waals surface area contributed by atoms with E-state index in [1.54, 1.807) is 0 Å². The Kier molecular flexibility index (Phi) is 4.06. The summed E-state index contributed by atoms with van der Waals surface area (Å²) in [7, 11) is 0. The number of carbonyl (C=O) groups is 1. The number of amides is 1. The first-order valence-electron chi connectivity index (χ1n) is 6.35. The third-order valence-corrected chi connectivity index (χ3v) is 3.77. The van der Waals surface area contributed by atoms with E-state index in [1.807, 2.05) is 0 Å². The van der Waals surface area contributed by atoms with Crippen LogP contribution >= 0.6 is 0 Å². The number of hydrogen-bond acceptors (Lipinski definition) is 3. The van der Waals surface area contributed by atoms with E-state index in [0.717, 1.165) is 6.07 Å². The molecule has 0 radical (unpaired) electrons. The first-order valence-corrected chi connectivity index (χ1v) is 6.35. The maximum Gasteiger partial charge on any atom is 0.238 e. The summed E-state index contributed by atoms with van der Waals surface area (Å²) in [6.45, 7) is 0. The lowest BCUT2D eigenvalue weighted by molar-refractivity contribution is -0.122. The molecule has 0 bridgehead atoms. The first-order chi connectivity index (χ1) is 9.92. The summed E-state index contributed by atoms with van der Waals surface area (Å²) in [6.07, 6.45) is 2.04. The quantitative estimate of drug-likeness (QED) is 0.263. The van der Waals surface area contributed by atoms with Gasteiger partial charge in [-0.3, -0.25) is 4.79 Å². The molecule has 1 aliphatic rings. The van der Waals surface area contributed by atoms with E-state index in [1.165, 1.54) is 0 Å². The van der Waals surface area contributed by atoms with E-state index in [2.05, 4.69) is 10.5 Å². The SMILES string of the molecule is NC(=NO)C1(C(=O)Nc2ccc(F)c(F)c2F)CCCC1. The Morgan fingerprint density at radius 2 is 1.86 bits per heavy atom. The summed E-state index contributed by atoms with van der Waals surface area (Å²) < 4.78 is 39.6. The van der Waals surface area contributed by atoms with Crippen molar-refractivity contribution in [2.75, 3.05) is 5.32 Å². The van der Waals surface area contributed by atoms with E-state index >= 15 is 0 Å². The van der Waals surface area contributed by atoms with Gasteiger partial charge in [0.05, 0.1) is 5.69 Å². The minimum absolute atomic E-state index is 0.277. The van der Waals surface area contributed by atoms with Crippen LogP contribution in [-0.2, 0) is 4.79 Å². The fourth-order valence-corrected chi connectivity index (χ4v) is 2.54. The van der Waals surface area contributed by atoms with E-state index < -0.39 is 34.5 Å². The molecule has 21 heavy (non-hydrogen) atoms. The molecule has 0 heterocycles. The van der Waals surface area contributed by atoms with Crippen LogP contribution in [0.1, 0.15) is 25.7 Å². The summed E-state index contributed by atoms with van der Waals surface area (Å²) in [5.41, 5.74) is 3.82. The molecule has 1 aromatic rings. The summed E-state index contributed by atoms with van der Waals surface area (Å²) in [6, 6.07) is 1.62. The van der Waals surface area contributed by atoms with Gasteiger partial charge in [-0.1, -0.05) is 18.0 Å². The van der Waals surface area contributed by atoms with Gasteiger partial charge in [-0.05, 0) is 25.0 Å². The van der Waals surface area contributed by atoms with Crippen molar-refractivity contribution < 1.29 is 23.2 Å². The molecule has 1 amide bonds. The Balaban J connectivity index is 2.31. The second kappa shape index (κ2) is 5.63.